The zero-order valence-electron chi connectivity index (χ0n) is 12.4. The molecule has 0 unspecified atom stereocenters. The molecule has 3 nitrogen and oxygen atoms in total. The topological polar surface area (TPSA) is 18.5 Å². The average Bonchev–Trinajstić information content (AvgIpc) is 2.40. The molecule has 1 saturated heterocycles. The molecule has 0 spiro atoms. The van der Waals surface area contributed by atoms with Crippen LogP contribution in [0, 0.1) is 6.92 Å². The molecule has 0 atom stereocenters. The summed E-state index contributed by atoms with van der Waals surface area (Å²) in [5.41, 5.74) is 2.77. The fourth-order valence-corrected chi connectivity index (χ4v) is 2.70. The molecule has 2 rings (SSSR count). The van der Waals surface area contributed by atoms with E-state index in [-0.39, 0.29) is 0 Å². The highest BCUT2D eigenvalue weighted by molar-refractivity contribution is 5.21. The molecule has 0 aromatic heterocycles. The van der Waals surface area contributed by atoms with Gasteiger partial charge < -0.3 is 15.1 Å². The molecule has 1 aromatic carbocycles. The Balaban J connectivity index is 1.65. The van der Waals surface area contributed by atoms with Crippen molar-refractivity contribution < 1.29 is 0 Å². The second-order valence-corrected chi connectivity index (χ2v) is 5.67. The van der Waals surface area contributed by atoms with Gasteiger partial charge in [-0.1, -0.05) is 29.8 Å². The van der Waals surface area contributed by atoms with Crippen molar-refractivity contribution in [3.63, 3.8) is 0 Å². The fraction of sp³-hybridized carbons (Fsp3) is 0.625. The van der Waals surface area contributed by atoms with Crippen LogP contribution in [-0.2, 0) is 6.54 Å². The molecule has 1 aromatic rings. The van der Waals surface area contributed by atoms with Crippen LogP contribution < -0.4 is 5.32 Å². The quantitative estimate of drug-likeness (QED) is 0.841. The summed E-state index contributed by atoms with van der Waals surface area (Å²) in [7, 11) is 2.22. The van der Waals surface area contributed by atoms with Gasteiger partial charge in [0.25, 0.3) is 0 Å². The van der Waals surface area contributed by atoms with Gasteiger partial charge >= 0.3 is 0 Å². The Morgan fingerprint density at radius 1 is 1.26 bits per heavy atom. The van der Waals surface area contributed by atoms with Crippen molar-refractivity contribution in [3.8, 4) is 0 Å². The Morgan fingerprint density at radius 2 is 2.05 bits per heavy atom. The van der Waals surface area contributed by atoms with Crippen molar-refractivity contribution in [2.24, 2.45) is 0 Å². The second-order valence-electron chi connectivity index (χ2n) is 5.67. The molecule has 106 valence electrons. The third-order valence-corrected chi connectivity index (χ3v) is 3.76. The van der Waals surface area contributed by atoms with E-state index in [0.29, 0.717) is 0 Å². The normalized spacial score (nSPS) is 17.0. The van der Waals surface area contributed by atoms with Gasteiger partial charge in [-0.05, 0) is 39.0 Å². The fourth-order valence-electron chi connectivity index (χ4n) is 2.70. The minimum absolute atomic E-state index is 1.06. The van der Waals surface area contributed by atoms with Crippen molar-refractivity contribution in [1.82, 2.24) is 15.1 Å². The zero-order valence-corrected chi connectivity index (χ0v) is 12.4. The van der Waals surface area contributed by atoms with Gasteiger partial charge in [-0.15, -0.1) is 0 Å². The van der Waals surface area contributed by atoms with E-state index in [2.05, 4.69) is 53.4 Å². The molecule has 0 amide bonds. The van der Waals surface area contributed by atoms with Gasteiger partial charge in [-0.25, -0.2) is 0 Å². The third-order valence-electron chi connectivity index (χ3n) is 3.76. The van der Waals surface area contributed by atoms with E-state index < -0.39 is 0 Å². The van der Waals surface area contributed by atoms with E-state index >= 15 is 0 Å². The lowest BCUT2D eigenvalue weighted by Crippen LogP contribution is -2.44. The van der Waals surface area contributed by atoms with E-state index in [4.69, 9.17) is 0 Å². The van der Waals surface area contributed by atoms with Crippen LogP contribution in [0.2, 0.25) is 0 Å². The summed E-state index contributed by atoms with van der Waals surface area (Å²) in [5.74, 6) is 0. The first kappa shape index (κ1) is 14.5. The molecular formula is C16H27N3. The van der Waals surface area contributed by atoms with Gasteiger partial charge in [-0.3, -0.25) is 0 Å². The van der Waals surface area contributed by atoms with Crippen LogP contribution in [0.25, 0.3) is 0 Å². The van der Waals surface area contributed by atoms with Crippen LogP contribution >= 0.6 is 0 Å². The molecular weight excluding hydrogens is 234 g/mol. The molecule has 1 heterocycles. The number of nitrogens with zero attached hydrogens (tertiary/aromatic N) is 2. The molecule has 0 aliphatic carbocycles. The molecule has 1 fully saturated rings. The predicted octanol–water partition coefficient (Wildman–Crippen LogP) is 1.72. The maximum Gasteiger partial charge on any atom is 0.0230 e. The Bertz CT molecular complexity index is 372. The van der Waals surface area contributed by atoms with E-state index in [1.54, 1.807) is 0 Å². The summed E-state index contributed by atoms with van der Waals surface area (Å²) in [6, 6.07) is 8.82. The lowest BCUT2D eigenvalue weighted by Gasteiger charge is -2.28. The van der Waals surface area contributed by atoms with Gasteiger partial charge in [0.05, 0.1) is 0 Å². The Kier molecular flexibility index (Phi) is 5.83. The summed E-state index contributed by atoms with van der Waals surface area (Å²) < 4.78 is 0. The number of aryl methyl sites for hydroxylation is 1. The molecule has 0 bridgehead atoms. The van der Waals surface area contributed by atoms with Crippen molar-refractivity contribution in [3.05, 3.63) is 35.4 Å². The summed E-state index contributed by atoms with van der Waals surface area (Å²) in [4.78, 5) is 4.99. The maximum atomic E-state index is 3.40. The first-order valence-electron chi connectivity index (χ1n) is 7.41. The Morgan fingerprint density at radius 3 is 2.79 bits per heavy atom. The first-order valence-corrected chi connectivity index (χ1v) is 7.41. The largest absolute Gasteiger partial charge is 0.314 e. The molecule has 1 aliphatic rings. The van der Waals surface area contributed by atoms with Gasteiger partial charge in [0.1, 0.15) is 0 Å². The first-order chi connectivity index (χ1) is 9.24. The summed E-state index contributed by atoms with van der Waals surface area (Å²) in [5, 5.41) is 3.40. The van der Waals surface area contributed by atoms with E-state index in [9.17, 15) is 0 Å². The van der Waals surface area contributed by atoms with Gasteiger partial charge in [0.15, 0.2) is 0 Å². The molecule has 0 saturated carbocycles. The van der Waals surface area contributed by atoms with Crippen molar-refractivity contribution >= 4 is 0 Å². The predicted molar refractivity (Wildman–Crippen MR) is 81.4 cm³/mol. The summed E-state index contributed by atoms with van der Waals surface area (Å²) in [6.07, 6.45) is 1.27. The monoisotopic (exact) mass is 261 g/mol. The number of hydrogen-bond acceptors (Lipinski definition) is 3. The standard InChI is InChI=1S/C16H27N3/c1-15-5-3-6-16(13-15)14-18(2)9-4-10-19-11-7-17-8-12-19/h3,5-6,13,17H,4,7-12,14H2,1-2H3. The molecule has 1 N–H and O–H groups in total. The number of hydrogen-bond donors (Lipinski definition) is 1. The third kappa shape index (κ3) is 5.31. The molecule has 3 heteroatoms. The number of rotatable bonds is 6. The Labute approximate surface area is 117 Å². The maximum absolute atomic E-state index is 3.40. The van der Waals surface area contributed by atoms with Crippen LogP contribution in [0.3, 0.4) is 0 Å². The number of benzene rings is 1. The van der Waals surface area contributed by atoms with Crippen molar-refractivity contribution in [1.29, 1.82) is 0 Å². The van der Waals surface area contributed by atoms with E-state index in [0.717, 1.165) is 19.6 Å². The van der Waals surface area contributed by atoms with E-state index in [1.807, 2.05) is 0 Å². The van der Waals surface area contributed by atoms with E-state index in [1.165, 1.54) is 43.7 Å². The summed E-state index contributed by atoms with van der Waals surface area (Å²) in [6.45, 7) is 10.4. The summed E-state index contributed by atoms with van der Waals surface area (Å²) >= 11 is 0. The molecule has 0 radical (unpaired) electrons. The minimum atomic E-state index is 1.06. The zero-order chi connectivity index (χ0) is 13.5. The van der Waals surface area contributed by atoms with Gasteiger partial charge in [0, 0.05) is 32.7 Å². The smallest absolute Gasteiger partial charge is 0.0230 e. The highest BCUT2D eigenvalue weighted by atomic mass is 15.2. The highest BCUT2D eigenvalue weighted by Crippen LogP contribution is 2.07. The van der Waals surface area contributed by atoms with Crippen LogP contribution in [0.4, 0.5) is 0 Å². The van der Waals surface area contributed by atoms with Crippen molar-refractivity contribution in [2.75, 3.05) is 46.3 Å². The molecule has 19 heavy (non-hydrogen) atoms. The lowest BCUT2D eigenvalue weighted by molar-refractivity contribution is 0.220. The number of nitrogens with one attached hydrogen (secondary N) is 1. The van der Waals surface area contributed by atoms with Crippen LogP contribution in [-0.4, -0.2) is 56.1 Å². The van der Waals surface area contributed by atoms with Gasteiger partial charge in [0.2, 0.25) is 0 Å². The van der Waals surface area contributed by atoms with Crippen LogP contribution in [0.5, 0.6) is 0 Å². The molecule has 1 aliphatic heterocycles. The SMILES string of the molecule is Cc1cccc(CN(C)CCCN2CCNCC2)c1. The van der Waals surface area contributed by atoms with Crippen LogP contribution in [0.1, 0.15) is 17.5 Å². The average molecular weight is 261 g/mol. The minimum Gasteiger partial charge on any atom is -0.314 e. The number of piperazine rings is 1. The van der Waals surface area contributed by atoms with Gasteiger partial charge in [-0.2, -0.15) is 0 Å². The Hall–Kier alpha value is -0.900. The second kappa shape index (κ2) is 7.63. The van der Waals surface area contributed by atoms with Crippen LogP contribution in [0.15, 0.2) is 24.3 Å². The highest BCUT2D eigenvalue weighted by Gasteiger charge is 2.09. The van der Waals surface area contributed by atoms with Crippen molar-refractivity contribution in [2.45, 2.75) is 19.9 Å². The lowest BCUT2D eigenvalue weighted by atomic mass is 10.1.